The fourth-order valence-electron chi connectivity index (χ4n) is 3.38. The molecule has 2 unspecified atom stereocenters. The highest BCUT2D eigenvalue weighted by Gasteiger charge is 2.36. The lowest BCUT2D eigenvalue weighted by molar-refractivity contribution is 0.0694. The third-order valence-corrected chi connectivity index (χ3v) is 4.79. The number of hydrogen-bond acceptors (Lipinski definition) is 6. The monoisotopic (exact) mass is 381 g/mol. The van der Waals surface area contributed by atoms with Gasteiger partial charge in [-0.2, -0.15) is 5.26 Å². The maximum Gasteiger partial charge on any atom is 0.339 e. The second-order valence-electron chi connectivity index (χ2n) is 7.06. The molecule has 7 heteroatoms. The zero-order chi connectivity index (χ0) is 20.3. The molecule has 0 saturated carbocycles. The lowest BCUT2D eigenvalue weighted by Gasteiger charge is -2.29. The van der Waals surface area contributed by atoms with Crippen molar-refractivity contribution in [1.29, 1.82) is 5.26 Å². The SMILES string of the molecule is CN(C)CCCOC1=CC2C(C=C1)C(C#N)=CN2c1ccc(C(=O)O)c(O)c1. The van der Waals surface area contributed by atoms with Crippen LogP contribution in [0.2, 0.25) is 0 Å². The van der Waals surface area contributed by atoms with E-state index in [0.717, 1.165) is 18.7 Å². The molecule has 28 heavy (non-hydrogen) atoms. The van der Waals surface area contributed by atoms with Gasteiger partial charge < -0.3 is 24.7 Å². The Kier molecular flexibility index (Phi) is 5.71. The molecule has 2 N–H and O–H groups in total. The molecule has 2 atom stereocenters. The number of aromatic carboxylic acids is 1. The van der Waals surface area contributed by atoms with Gasteiger partial charge in [0.2, 0.25) is 0 Å². The summed E-state index contributed by atoms with van der Waals surface area (Å²) in [4.78, 5) is 15.1. The van der Waals surface area contributed by atoms with Gasteiger partial charge in [-0.1, -0.05) is 6.08 Å². The number of nitriles is 1. The minimum atomic E-state index is -1.19. The van der Waals surface area contributed by atoms with Crippen molar-refractivity contribution in [2.45, 2.75) is 12.5 Å². The lowest BCUT2D eigenvalue weighted by Crippen LogP contribution is -2.31. The van der Waals surface area contributed by atoms with Gasteiger partial charge in [0.05, 0.1) is 24.3 Å². The van der Waals surface area contributed by atoms with Crippen LogP contribution in [0.3, 0.4) is 0 Å². The Hall–Kier alpha value is -3.24. The van der Waals surface area contributed by atoms with Gasteiger partial charge in [-0.25, -0.2) is 4.79 Å². The van der Waals surface area contributed by atoms with Gasteiger partial charge in [-0.05, 0) is 44.8 Å². The number of carboxylic acid groups (broad SMARTS) is 1. The van der Waals surface area contributed by atoms with Gasteiger partial charge in [-0.15, -0.1) is 0 Å². The Morgan fingerprint density at radius 2 is 2.18 bits per heavy atom. The van der Waals surface area contributed by atoms with Crippen LogP contribution < -0.4 is 4.90 Å². The molecule has 1 aromatic carbocycles. The second-order valence-corrected chi connectivity index (χ2v) is 7.06. The first-order valence-electron chi connectivity index (χ1n) is 9.04. The number of carbonyl (C=O) groups is 1. The number of allylic oxidation sites excluding steroid dienone is 1. The molecular formula is C21H23N3O4. The standard InChI is InChI=1S/C21H23N3O4/c1-23(2)8-3-9-28-16-5-7-17-14(12-22)13-24(19(17)11-16)15-4-6-18(21(26)27)20(25)10-15/h4-7,10-11,13,17,19,25H,3,8-9H2,1-2H3,(H,26,27). The van der Waals surface area contributed by atoms with Crippen LogP contribution in [-0.4, -0.2) is 54.4 Å². The van der Waals surface area contributed by atoms with Crippen molar-refractivity contribution in [3.05, 3.63) is 59.5 Å². The van der Waals surface area contributed by atoms with Crippen LogP contribution in [0.15, 0.2) is 54.0 Å². The fraction of sp³-hybridized carbons (Fsp3) is 0.333. The third-order valence-electron chi connectivity index (χ3n) is 4.79. The summed E-state index contributed by atoms with van der Waals surface area (Å²) in [7, 11) is 4.03. The molecule has 0 spiro atoms. The zero-order valence-corrected chi connectivity index (χ0v) is 15.9. The molecule has 0 bridgehead atoms. The van der Waals surface area contributed by atoms with E-state index in [2.05, 4.69) is 11.0 Å². The predicted molar refractivity (Wildman–Crippen MR) is 105 cm³/mol. The molecule has 0 saturated heterocycles. The number of anilines is 1. The Balaban J connectivity index is 1.81. The van der Waals surface area contributed by atoms with Crippen molar-refractivity contribution in [3.63, 3.8) is 0 Å². The van der Waals surface area contributed by atoms with Crippen molar-refractivity contribution in [2.24, 2.45) is 5.92 Å². The summed E-state index contributed by atoms with van der Waals surface area (Å²) in [5.41, 5.74) is 1.06. The van der Waals surface area contributed by atoms with E-state index in [1.54, 1.807) is 12.3 Å². The maximum atomic E-state index is 11.1. The summed E-state index contributed by atoms with van der Waals surface area (Å²) in [5.74, 6) is -0.870. The molecule has 0 radical (unpaired) electrons. The number of phenols is 1. The van der Waals surface area contributed by atoms with E-state index in [1.165, 1.54) is 12.1 Å². The number of rotatable bonds is 7. The van der Waals surface area contributed by atoms with E-state index in [9.17, 15) is 15.2 Å². The van der Waals surface area contributed by atoms with E-state index in [0.29, 0.717) is 17.9 Å². The normalized spacial score (nSPS) is 20.4. The number of aromatic hydroxyl groups is 1. The van der Waals surface area contributed by atoms with Crippen LogP contribution in [0.4, 0.5) is 5.69 Å². The van der Waals surface area contributed by atoms with Gasteiger partial charge in [0.1, 0.15) is 17.1 Å². The molecule has 1 heterocycles. The maximum absolute atomic E-state index is 11.1. The molecule has 0 aromatic heterocycles. The lowest BCUT2D eigenvalue weighted by atomic mass is 9.91. The highest BCUT2D eigenvalue weighted by atomic mass is 16.5. The van der Waals surface area contributed by atoms with Crippen molar-refractivity contribution in [1.82, 2.24) is 4.90 Å². The van der Waals surface area contributed by atoms with Gasteiger partial charge in [0.15, 0.2) is 0 Å². The number of hydrogen-bond donors (Lipinski definition) is 2. The van der Waals surface area contributed by atoms with Crippen molar-refractivity contribution in [2.75, 3.05) is 32.1 Å². The number of ether oxygens (including phenoxy) is 1. The molecule has 0 fully saturated rings. The summed E-state index contributed by atoms with van der Waals surface area (Å²) in [6.07, 6.45) is 8.44. The van der Waals surface area contributed by atoms with Crippen molar-refractivity contribution >= 4 is 11.7 Å². The van der Waals surface area contributed by atoms with E-state index >= 15 is 0 Å². The Labute approximate surface area is 164 Å². The van der Waals surface area contributed by atoms with Crippen LogP contribution in [0.1, 0.15) is 16.8 Å². The van der Waals surface area contributed by atoms with Crippen LogP contribution in [0.5, 0.6) is 5.75 Å². The first kappa shape index (κ1) is 19.5. The Morgan fingerprint density at radius 3 is 2.82 bits per heavy atom. The van der Waals surface area contributed by atoms with Crippen LogP contribution in [0.25, 0.3) is 0 Å². The molecule has 3 rings (SSSR count). The molecule has 2 aliphatic rings. The average Bonchev–Trinajstić information content (AvgIpc) is 3.02. The van der Waals surface area contributed by atoms with E-state index in [-0.39, 0.29) is 23.3 Å². The third kappa shape index (κ3) is 4.02. The molecule has 7 nitrogen and oxygen atoms in total. The fourth-order valence-corrected chi connectivity index (χ4v) is 3.38. The molecule has 1 aliphatic heterocycles. The van der Waals surface area contributed by atoms with E-state index in [1.807, 2.05) is 37.2 Å². The summed E-state index contributed by atoms with van der Waals surface area (Å²) in [6, 6.07) is 6.45. The first-order valence-corrected chi connectivity index (χ1v) is 9.04. The Morgan fingerprint density at radius 1 is 1.39 bits per heavy atom. The van der Waals surface area contributed by atoms with Crippen molar-refractivity contribution in [3.8, 4) is 11.8 Å². The molecule has 0 amide bonds. The highest BCUT2D eigenvalue weighted by Crippen LogP contribution is 2.38. The zero-order valence-electron chi connectivity index (χ0n) is 15.9. The number of benzene rings is 1. The Bertz CT molecular complexity index is 895. The number of fused-ring (bicyclic) bond motifs is 1. The summed E-state index contributed by atoms with van der Waals surface area (Å²) < 4.78 is 5.86. The van der Waals surface area contributed by atoms with E-state index < -0.39 is 5.97 Å². The van der Waals surface area contributed by atoms with Gasteiger partial charge in [0, 0.05) is 30.4 Å². The van der Waals surface area contributed by atoms with Gasteiger partial charge >= 0.3 is 5.97 Å². The topological polar surface area (TPSA) is 97.0 Å². The molecule has 146 valence electrons. The number of nitrogens with zero attached hydrogens (tertiary/aromatic N) is 3. The molecule has 1 aliphatic carbocycles. The minimum Gasteiger partial charge on any atom is -0.507 e. The number of carboxylic acids is 1. The highest BCUT2D eigenvalue weighted by molar-refractivity contribution is 5.91. The van der Waals surface area contributed by atoms with Crippen LogP contribution in [0, 0.1) is 17.2 Å². The quantitative estimate of drug-likeness (QED) is 0.701. The second kappa shape index (κ2) is 8.19. The summed E-state index contributed by atoms with van der Waals surface area (Å²) >= 11 is 0. The summed E-state index contributed by atoms with van der Waals surface area (Å²) in [5, 5.41) is 28.6. The minimum absolute atomic E-state index is 0.111. The molecule has 1 aromatic rings. The van der Waals surface area contributed by atoms with Crippen molar-refractivity contribution < 1.29 is 19.7 Å². The smallest absolute Gasteiger partial charge is 0.339 e. The van der Waals surface area contributed by atoms with E-state index in [4.69, 9.17) is 9.84 Å². The van der Waals surface area contributed by atoms with Crippen LogP contribution in [-0.2, 0) is 4.74 Å². The predicted octanol–water partition coefficient (Wildman–Crippen LogP) is 2.72. The first-order chi connectivity index (χ1) is 13.4. The molecular weight excluding hydrogens is 358 g/mol. The van der Waals surface area contributed by atoms with Crippen LogP contribution >= 0.6 is 0 Å². The van der Waals surface area contributed by atoms with Gasteiger partial charge in [-0.3, -0.25) is 0 Å². The average molecular weight is 381 g/mol. The largest absolute Gasteiger partial charge is 0.507 e. The van der Waals surface area contributed by atoms with Gasteiger partial charge in [0.25, 0.3) is 0 Å². The summed E-state index contributed by atoms with van der Waals surface area (Å²) in [6.45, 7) is 1.53.